The molecule has 1 saturated carbocycles. The van der Waals surface area contributed by atoms with Crippen LogP contribution in [-0.2, 0) is 6.42 Å². The van der Waals surface area contributed by atoms with Crippen molar-refractivity contribution in [3.8, 4) is 0 Å². The van der Waals surface area contributed by atoms with Crippen molar-refractivity contribution in [2.75, 3.05) is 26.7 Å². The van der Waals surface area contributed by atoms with Crippen molar-refractivity contribution in [2.45, 2.75) is 84.3 Å². The third kappa shape index (κ3) is 4.45. The number of carbonyl (C=O) groups is 1. The lowest BCUT2D eigenvalue weighted by molar-refractivity contribution is -0.0366. The predicted molar refractivity (Wildman–Crippen MR) is 124 cm³/mol. The summed E-state index contributed by atoms with van der Waals surface area (Å²) >= 11 is 0. The fourth-order valence-corrected chi connectivity index (χ4v) is 6.78. The molecule has 2 aliphatic heterocycles. The van der Waals surface area contributed by atoms with Crippen molar-refractivity contribution in [2.24, 2.45) is 10.8 Å². The van der Waals surface area contributed by atoms with E-state index in [0.717, 1.165) is 30.5 Å². The first kappa shape index (κ1) is 21.8. The minimum atomic E-state index is 0.0668. The highest BCUT2D eigenvalue weighted by molar-refractivity contribution is 5.94. The predicted octanol–water partition coefficient (Wildman–Crippen LogP) is 4.34. The van der Waals surface area contributed by atoms with E-state index < -0.39 is 0 Å². The van der Waals surface area contributed by atoms with Gasteiger partial charge in [-0.2, -0.15) is 0 Å². The summed E-state index contributed by atoms with van der Waals surface area (Å²) in [5.74, 6) is 0.0668. The van der Waals surface area contributed by atoms with Gasteiger partial charge in [0.05, 0.1) is 0 Å². The molecule has 0 spiro atoms. The van der Waals surface area contributed by atoms with Crippen molar-refractivity contribution in [1.82, 2.24) is 15.1 Å². The van der Waals surface area contributed by atoms with Crippen LogP contribution in [0.5, 0.6) is 0 Å². The summed E-state index contributed by atoms with van der Waals surface area (Å²) in [4.78, 5) is 18.0. The van der Waals surface area contributed by atoms with Gasteiger partial charge in [-0.3, -0.25) is 9.69 Å². The number of amides is 1. The van der Waals surface area contributed by atoms with E-state index in [4.69, 9.17) is 0 Å². The van der Waals surface area contributed by atoms with Crippen LogP contribution < -0.4 is 5.32 Å². The number of hydrogen-bond acceptors (Lipinski definition) is 3. The first-order chi connectivity index (χ1) is 14.2. The second-order valence-corrected chi connectivity index (χ2v) is 11.5. The smallest absolute Gasteiger partial charge is 0.251 e. The highest BCUT2D eigenvalue weighted by Crippen LogP contribution is 2.53. The van der Waals surface area contributed by atoms with Gasteiger partial charge in [0, 0.05) is 36.8 Å². The van der Waals surface area contributed by atoms with Gasteiger partial charge in [-0.15, -0.1) is 0 Å². The lowest BCUT2D eigenvalue weighted by Gasteiger charge is -2.57. The quantitative estimate of drug-likeness (QED) is 0.678. The largest absolute Gasteiger partial charge is 0.348 e. The van der Waals surface area contributed by atoms with E-state index in [1.165, 1.54) is 50.9 Å². The molecule has 1 aromatic carbocycles. The molecule has 4 nitrogen and oxygen atoms in total. The van der Waals surface area contributed by atoms with Gasteiger partial charge in [-0.1, -0.05) is 39.8 Å². The van der Waals surface area contributed by atoms with E-state index in [9.17, 15) is 4.79 Å². The molecule has 3 aliphatic rings. The van der Waals surface area contributed by atoms with Gasteiger partial charge in [-0.05, 0) is 80.6 Å². The number of benzene rings is 1. The van der Waals surface area contributed by atoms with Gasteiger partial charge in [0.1, 0.15) is 0 Å². The number of nitrogens with one attached hydrogen (secondary N) is 1. The zero-order valence-corrected chi connectivity index (χ0v) is 19.7. The molecule has 30 heavy (non-hydrogen) atoms. The maximum Gasteiger partial charge on any atom is 0.251 e. The average Bonchev–Trinajstić information content (AvgIpc) is 2.89. The van der Waals surface area contributed by atoms with Crippen LogP contribution in [0.15, 0.2) is 24.3 Å². The van der Waals surface area contributed by atoms with Crippen molar-refractivity contribution < 1.29 is 4.79 Å². The Hall–Kier alpha value is -1.39. The topological polar surface area (TPSA) is 35.6 Å². The second-order valence-electron chi connectivity index (χ2n) is 11.5. The van der Waals surface area contributed by atoms with Gasteiger partial charge in [0.25, 0.3) is 5.91 Å². The Labute approximate surface area is 183 Å². The molecule has 0 aromatic heterocycles. The Morgan fingerprint density at radius 3 is 2.17 bits per heavy atom. The SMILES string of the molecule is CN1C2CCC1CN(CCCCc1ccc(C(=O)NC3C(C)(C)CC3(C)C)cc1)C2. The minimum absolute atomic E-state index is 0.0668. The zero-order chi connectivity index (χ0) is 21.5. The molecule has 166 valence electrons. The molecule has 1 amide bonds. The third-order valence-corrected chi connectivity index (χ3v) is 8.08. The van der Waals surface area contributed by atoms with Gasteiger partial charge in [0.2, 0.25) is 0 Å². The first-order valence-corrected chi connectivity index (χ1v) is 12.0. The molecule has 2 bridgehead atoms. The molecule has 4 rings (SSSR count). The lowest BCUT2D eigenvalue weighted by atomic mass is 9.52. The number of unbranched alkanes of at least 4 members (excludes halogenated alkanes) is 1. The molecule has 2 saturated heterocycles. The lowest BCUT2D eigenvalue weighted by Crippen LogP contribution is -2.63. The van der Waals surface area contributed by atoms with Gasteiger partial charge < -0.3 is 10.2 Å². The highest BCUT2D eigenvalue weighted by atomic mass is 16.1. The van der Waals surface area contributed by atoms with Gasteiger partial charge in [-0.25, -0.2) is 0 Å². The number of rotatable bonds is 7. The maximum absolute atomic E-state index is 12.7. The molecular formula is C26H41N3O. The number of aryl methyl sites for hydroxylation is 1. The molecule has 1 aliphatic carbocycles. The van der Waals surface area contributed by atoms with E-state index in [2.05, 4.69) is 62.0 Å². The fourth-order valence-electron chi connectivity index (χ4n) is 6.78. The number of likely N-dealkylation sites (tertiary alicyclic amines) is 1. The highest BCUT2D eigenvalue weighted by Gasteiger charge is 2.53. The summed E-state index contributed by atoms with van der Waals surface area (Å²) in [5, 5.41) is 3.29. The van der Waals surface area contributed by atoms with E-state index in [-0.39, 0.29) is 22.8 Å². The van der Waals surface area contributed by atoms with E-state index in [1.807, 2.05) is 12.1 Å². The summed E-state index contributed by atoms with van der Waals surface area (Å²) in [6.45, 7) is 12.7. The summed E-state index contributed by atoms with van der Waals surface area (Å²) in [5.41, 5.74) is 2.49. The Morgan fingerprint density at radius 1 is 1.00 bits per heavy atom. The van der Waals surface area contributed by atoms with Crippen LogP contribution >= 0.6 is 0 Å². The van der Waals surface area contributed by atoms with Crippen LogP contribution in [0, 0.1) is 10.8 Å². The first-order valence-electron chi connectivity index (χ1n) is 12.0. The molecule has 1 N–H and O–H groups in total. The molecule has 0 radical (unpaired) electrons. The Kier molecular flexibility index (Phi) is 6.02. The summed E-state index contributed by atoms with van der Waals surface area (Å²) in [7, 11) is 2.30. The van der Waals surface area contributed by atoms with E-state index >= 15 is 0 Å². The number of piperazine rings is 1. The Balaban J connectivity index is 1.20. The zero-order valence-electron chi connectivity index (χ0n) is 19.7. The molecule has 3 fully saturated rings. The number of carbonyl (C=O) groups excluding carboxylic acids is 1. The molecule has 4 heteroatoms. The number of hydrogen-bond donors (Lipinski definition) is 1. The normalized spacial score (nSPS) is 28.3. The van der Waals surface area contributed by atoms with Crippen LogP contribution in [0.4, 0.5) is 0 Å². The molecule has 1 aromatic rings. The Morgan fingerprint density at radius 2 is 1.60 bits per heavy atom. The van der Waals surface area contributed by atoms with Gasteiger partial charge >= 0.3 is 0 Å². The van der Waals surface area contributed by atoms with E-state index in [1.54, 1.807) is 0 Å². The van der Waals surface area contributed by atoms with E-state index in [0.29, 0.717) is 0 Å². The summed E-state index contributed by atoms with van der Waals surface area (Å²) in [6.07, 6.45) is 7.50. The number of likely N-dealkylation sites (N-methyl/N-ethyl adjacent to an activating group) is 1. The summed E-state index contributed by atoms with van der Waals surface area (Å²) < 4.78 is 0. The second kappa shape index (κ2) is 8.27. The molecule has 2 atom stereocenters. The van der Waals surface area contributed by atoms with Crippen molar-refractivity contribution >= 4 is 5.91 Å². The summed E-state index contributed by atoms with van der Waals surface area (Å²) in [6, 6.07) is 10.1. The monoisotopic (exact) mass is 411 g/mol. The van der Waals surface area contributed by atoms with Crippen LogP contribution in [0.25, 0.3) is 0 Å². The van der Waals surface area contributed by atoms with Crippen molar-refractivity contribution in [1.29, 1.82) is 0 Å². The molecule has 2 unspecified atom stereocenters. The van der Waals surface area contributed by atoms with Crippen molar-refractivity contribution in [3.63, 3.8) is 0 Å². The third-order valence-electron chi connectivity index (χ3n) is 8.08. The van der Waals surface area contributed by atoms with Crippen LogP contribution in [-0.4, -0.2) is 60.5 Å². The maximum atomic E-state index is 12.7. The number of nitrogens with zero attached hydrogens (tertiary/aromatic N) is 2. The Bertz CT molecular complexity index is 726. The molecular weight excluding hydrogens is 370 g/mol. The minimum Gasteiger partial charge on any atom is -0.348 e. The fraction of sp³-hybridized carbons (Fsp3) is 0.731. The van der Waals surface area contributed by atoms with Crippen molar-refractivity contribution in [3.05, 3.63) is 35.4 Å². The standard InChI is InChI=1S/C26H41N3O/c1-25(2)18-26(3,4)24(25)27-23(30)20-11-9-19(10-12-20)8-6-7-15-29-16-21-13-14-22(17-29)28(21)5/h9-12,21-22,24H,6-8,13-18H2,1-5H3,(H,27,30). The molecule has 2 heterocycles. The average molecular weight is 412 g/mol. The van der Waals surface area contributed by atoms with Gasteiger partial charge in [0.15, 0.2) is 0 Å². The number of fused-ring (bicyclic) bond motifs is 2. The van der Waals surface area contributed by atoms with Crippen LogP contribution in [0.1, 0.15) is 75.7 Å². The van der Waals surface area contributed by atoms with Crippen LogP contribution in [0.2, 0.25) is 0 Å². The van der Waals surface area contributed by atoms with Crippen LogP contribution in [0.3, 0.4) is 0 Å².